The number of oxazole rings is 1. The Kier molecular flexibility index (Phi) is 8.02. The molecule has 156 valence electrons. The standard InChI is InChI=1S/C26H29NO3/c1-20(2)26(28)29-19-13-5-3-4-12-18-23-27-24(21-14-8-6-9-15-21)25(30-23)22-16-10-7-11-17-22/h6-11,14-17H,1,3-5,12-13,18-19H2,2H3. The molecule has 4 nitrogen and oxygen atoms in total. The monoisotopic (exact) mass is 403 g/mol. The van der Waals surface area contributed by atoms with Crippen LogP contribution in [0, 0.1) is 0 Å². The summed E-state index contributed by atoms with van der Waals surface area (Å²) in [5.41, 5.74) is 3.46. The van der Waals surface area contributed by atoms with E-state index in [0.29, 0.717) is 12.2 Å². The first-order valence-electron chi connectivity index (χ1n) is 10.6. The largest absolute Gasteiger partial charge is 0.462 e. The molecule has 0 bridgehead atoms. The van der Waals surface area contributed by atoms with E-state index in [2.05, 4.69) is 30.8 Å². The smallest absolute Gasteiger partial charge is 0.333 e. The summed E-state index contributed by atoms with van der Waals surface area (Å²) < 4.78 is 11.3. The van der Waals surface area contributed by atoms with Crippen molar-refractivity contribution in [2.24, 2.45) is 0 Å². The molecular weight excluding hydrogens is 374 g/mol. The molecule has 1 heterocycles. The van der Waals surface area contributed by atoms with Crippen LogP contribution in [-0.2, 0) is 16.0 Å². The summed E-state index contributed by atoms with van der Waals surface area (Å²) in [6.45, 7) is 5.71. The lowest BCUT2D eigenvalue weighted by molar-refractivity contribution is -0.139. The van der Waals surface area contributed by atoms with Crippen molar-refractivity contribution in [2.75, 3.05) is 6.61 Å². The van der Waals surface area contributed by atoms with E-state index in [1.807, 2.05) is 36.4 Å². The number of hydrogen-bond acceptors (Lipinski definition) is 4. The molecule has 0 spiro atoms. The highest BCUT2D eigenvalue weighted by Crippen LogP contribution is 2.32. The minimum Gasteiger partial charge on any atom is -0.462 e. The van der Waals surface area contributed by atoms with Crippen LogP contribution in [0.5, 0.6) is 0 Å². The van der Waals surface area contributed by atoms with Gasteiger partial charge in [-0.15, -0.1) is 0 Å². The van der Waals surface area contributed by atoms with Crippen molar-refractivity contribution >= 4 is 5.97 Å². The number of carbonyl (C=O) groups excluding carboxylic acids is 1. The molecule has 30 heavy (non-hydrogen) atoms. The average Bonchev–Trinajstić information content (AvgIpc) is 3.21. The highest BCUT2D eigenvalue weighted by Gasteiger charge is 2.16. The van der Waals surface area contributed by atoms with Gasteiger partial charge in [0, 0.05) is 23.1 Å². The number of benzene rings is 2. The van der Waals surface area contributed by atoms with Gasteiger partial charge in [-0.3, -0.25) is 0 Å². The first-order chi connectivity index (χ1) is 14.6. The normalized spacial score (nSPS) is 10.7. The third kappa shape index (κ3) is 6.18. The third-order valence-electron chi connectivity index (χ3n) is 4.87. The van der Waals surface area contributed by atoms with E-state index in [-0.39, 0.29) is 5.97 Å². The Balaban J connectivity index is 1.51. The van der Waals surface area contributed by atoms with Crippen LogP contribution >= 0.6 is 0 Å². The Bertz CT molecular complexity index is 888. The maximum absolute atomic E-state index is 11.3. The maximum atomic E-state index is 11.3. The Morgan fingerprint density at radius 2 is 1.50 bits per heavy atom. The fourth-order valence-corrected chi connectivity index (χ4v) is 3.24. The number of hydrogen-bond donors (Lipinski definition) is 0. The summed E-state index contributed by atoms with van der Waals surface area (Å²) in [5.74, 6) is 1.31. The van der Waals surface area contributed by atoms with Gasteiger partial charge in [-0.25, -0.2) is 9.78 Å². The SMILES string of the molecule is C=C(C)C(=O)OCCCCCCCc1nc(-c2ccccc2)c(-c2ccccc2)o1. The minimum absolute atomic E-state index is 0.303. The van der Waals surface area contributed by atoms with Crippen molar-refractivity contribution in [3.05, 3.63) is 78.7 Å². The van der Waals surface area contributed by atoms with Crippen LogP contribution in [0.3, 0.4) is 0 Å². The van der Waals surface area contributed by atoms with Crippen molar-refractivity contribution in [3.8, 4) is 22.6 Å². The van der Waals surface area contributed by atoms with Gasteiger partial charge in [-0.1, -0.05) is 86.5 Å². The Labute approximate surface area is 178 Å². The number of aromatic nitrogens is 1. The number of nitrogens with zero attached hydrogens (tertiary/aromatic N) is 1. The lowest BCUT2D eigenvalue weighted by atomic mass is 10.1. The number of unbranched alkanes of at least 4 members (excludes halogenated alkanes) is 4. The summed E-state index contributed by atoms with van der Waals surface area (Å²) in [6, 6.07) is 20.3. The molecule has 1 aromatic heterocycles. The molecule has 3 rings (SSSR count). The van der Waals surface area contributed by atoms with E-state index in [1.165, 1.54) is 0 Å². The molecule has 0 radical (unpaired) electrons. The third-order valence-corrected chi connectivity index (χ3v) is 4.87. The van der Waals surface area contributed by atoms with E-state index in [1.54, 1.807) is 6.92 Å². The second-order valence-electron chi connectivity index (χ2n) is 7.45. The summed E-state index contributed by atoms with van der Waals surface area (Å²) in [5, 5.41) is 0. The quantitative estimate of drug-likeness (QED) is 0.205. The molecule has 4 heteroatoms. The Morgan fingerprint density at radius 3 is 2.17 bits per heavy atom. The molecule has 0 fully saturated rings. The molecule has 0 amide bonds. The molecule has 0 saturated heterocycles. The zero-order chi connectivity index (χ0) is 21.2. The number of esters is 1. The van der Waals surface area contributed by atoms with Gasteiger partial charge in [0.25, 0.3) is 0 Å². The van der Waals surface area contributed by atoms with E-state index >= 15 is 0 Å². The molecule has 0 atom stereocenters. The summed E-state index contributed by atoms with van der Waals surface area (Å²) >= 11 is 0. The van der Waals surface area contributed by atoms with Crippen molar-refractivity contribution in [1.29, 1.82) is 0 Å². The van der Waals surface area contributed by atoms with Gasteiger partial charge in [0.2, 0.25) is 0 Å². The average molecular weight is 404 g/mol. The van der Waals surface area contributed by atoms with Crippen LogP contribution < -0.4 is 0 Å². The highest BCUT2D eigenvalue weighted by atomic mass is 16.5. The molecule has 0 aliphatic rings. The predicted molar refractivity (Wildman–Crippen MR) is 120 cm³/mol. The lowest BCUT2D eigenvalue weighted by Crippen LogP contribution is -2.05. The zero-order valence-electron chi connectivity index (χ0n) is 17.6. The van der Waals surface area contributed by atoms with E-state index in [0.717, 1.165) is 67.0 Å². The zero-order valence-corrected chi connectivity index (χ0v) is 17.6. The second kappa shape index (κ2) is 11.1. The number of carbonyl (C=O) groups is 1. The minimum atomic E-state index is -0.303. The molecule has 2 aromatic carbocycles. The van der Waals surface area contributed by atoms with E-state index < -0.39 is 0 Å². The molecule has 0 unspecified atom stereocenters. The van der Waals surface area contributed by atoms with Gasteiger partial charge >= 0.3 is 5.97 Å². The van der Waals surface area contributed by atoms with Crippen molar-refractivity contribution in [3.63, 3.8) is 0 Å². The molecular formula is C26H29NO3. The van der Waals surface area contributed by atoms with Gasteiger partial charge in [0.1, 0.15) is 5.69 Å². The molecule has 0 saturated carbocycles. The summed E-state index contributed by atoms with van der Waals surface area (Å²) in [7, 11) is 0. The van der Waals surface area contributed by atoms with Crippen LogP contribution in [0.4, 0.5) is 0 Å². The first kappa shape index (κ1) is 21.6. The van der Waals surface area contributed by atoms with E-state index in [4.69, 9.17) is 14.1 Å². The Hall–Kier alpha value is -3.14. The lowest BCUT2D eigenvalue weighted by Gasteiger charge is -2.04. The van der Waals surface area contributed by atoms with Crippen LogP contribution in [0.1, 0.15) is 44.9 Å². The van der Waals surface area contributed by atoms with Gasteiger partial charge < -0.3 is 9.15 Å². The topological polar surface area (TPSA) is 52.3 Å². The first-order valence-corrected chi connectivity index (χ1v) is 10.6. The van der Waals surface area contributed by atoms with E-state index in [9.17, 15) is 4.79 Å². The van der Waals surface area contributed by atoms with Gasteiger partial charge in [-0.05, 0) is 19.8 Å². The molecule has 0 aliphatic carbocycles. The van der Waals surface area contributed by atoms with Crippen molar-refractivity contribution in [1.82, 2.24) is 4.98 Å². The number of ether oxygens (including phenoxy) is 1. The Morgan fingerprint density at radius 1 is 0.900 bits per heavy atom. The highest BCUT2D eigenvalue weighted by molar-refractivity contribution is 5.86. The van der Waals surface area contributed by atoms with Crippen LogP contribution in [-0.4, -0.2) is 17.6 Å². The summed E-state index contributed by atoms with van der Waals surface area (Å²) in [4.78, 5) is 16.1. The summed E-state index contributed by atoms with van der Waals surface area (Å²) in [6.07, 6.45) is 5.96. The van der Waals surface area contributed by atoms with Gasteiger partial charge in [0.15, 0.2) is 11.7 Å². The molecule has 3 aromatic rings. The van der Waals surface area contributed by atoms with Gasteiger partial charge in [-0.2, -0.15) is 0 Å². The van der Waals surface area contributed by atoms with Crippen LogP contribution in [0.25, 0.3) is 22.6 Å². The maximum Gasteiger partial charge on any atom is 0.333 e. The number of rotatable bonds is 11. The van der Waals surface area contributed by atoms with Gasteiger partial charge in [0.05, 0.1) is 6.61 Å². The van der Waals surface area contributed by atoms with Crippen molar-refractivity contribution < 1.29 is 13.9 Å². The van der Waals surface area contributed by atoms with Crippen LogP contribution in [0.2, 0.25) is 0 Å². The second-order valence-corrected chi connectivity index (χ2v) is 7.45. The fraction of sp³-hybridized carbons (Fsp3) is 0.308. The predicted octanol–water partition coefficient (Wildman–Crippen LogP) is 6.62. The molecule has 0 aliphatic heterocycles. The van der Waals surface area contributed by atoms with Crippen LogP contribution in [0.15, 0.2) is 77.2 Å². The van der Waals surface area contributed by atoms with Crippen molar-refractivity contribution in [2.45, 2.75) is 45.4 Å². The number of aryl methyl sites for hydroxylation is 1. The molecule has 0 N–H and O–H groups in total. The fourth-order valence-electron chi connectivity index (χ4n) is 3.24.